The molecule has 0 bridgehead atoms. The van der Waals surface area contributed by atoms with E-state index in [-0.39, 0.29) is 42.3 Å². The van der Waals surface area contributed by atoms with Crippen molar-refractivity contribution in [2.45, 2.75) is 72.1 Å². The number of carbonyl (C=O) groups excluding carboxylic acids is 4. The number of hydrogen-bond donors (Lipinski definition) is 2. The van der Waals surface area contributed by atoms with Crippen LogP contribution in [0.5, 0.6) is 0 Å². The Hall–Kier alpha value is -2.42. The van der Waals surface area contributed by atoms with Gasteiger partial charge in [-0.15, -0.1) is 0 Å². The summed E-state index contributed by atoms with van der Waals surface area (Å²) in [6.45, 7) is 11.1. The van der Waals surface area contributed by atoms with Crippen molar-refractivity contribution in [3.05, 3.63) is 11.6 Å². The molecule has 0 aromatic heterocycles. The average molecular weight is 453 g/mol. The highest BCUT2D eigenvalue weighted by molar-refractivity contribution is 5.97. The zero-order valence-electron chi connectivity index (χ0n) is 20.3. The van der Waals surface area contributed by atoms with Crippen molar-refractivity contribution >= 4 is 24.1 Å². The fourth-order valence-corrected chi connectivity index (χ4v) is 3.73. The van der Waals surface area contributed by atoms with Gasteiger partial charge in [0.25, 0.3) is 0 Å². The van der Waals surface area contributed by atoms with Crippen LogP contribution in [0.3, 0.4) is 0 Å². The lowest BCUT2D eigenvalue weighted by molar-refractivity contribution is -0.135. The molecular weight excluding hydrogens is 412 g/mol. The van der Waals surface area contributed by atoms with E-state index in [2.05, 4.69) is 10.6 Å². The first-order valence-electron chi connectivity index (χ1n) is 11.4. The van der Waals surface area contributed by atoms with Gasteiger partial charge in [0.15, 0.2) is 0 Å². The summed E-state index contributed by atoms with van der Waals surface area (Å²) >= 11 is 0. The summed E-state index contributed by atoms with van der Waals surface area (Å²) in [5.74, 6) is -0.509. The van der Waals surface area contributed by atoms with E-state index in [0.717, 1.165) is 12.8 Å². The molecule has 0 aliphatic carbocycles. The lowest BCUT2D eigenvalue weighted by atomic mass is 9.99. The van der Waals surface area contributed by atoms with Gasteiger partial charge in [0.1, 0.15) is 6.04 Å². The normalized spacial score (nSPS) is 17.4. The first kappa shape index (κ1) is 27.6. The molecule has 2 atom stereocenters. The van der Waals surface area contributed by atoms with Crippen molar-refractivity contribution in [3.63, 3.8) is 0 Å². The average Bonchev–Trinajstić information content (AvgIpc) is 3.23. The van der Waals surface area contributed by atoms with Crippen LogP contribution < -0.4 is 10.6 Å². The molecule has 2 N–H and O–H groups in total. The van der Waals surface area contributed by atoms with Gasteiger partial charge in [-0.25, -0.2) is 0 Å². The maximum absolute atomic E-state index is 13.1. The highest BCUT2D eigenvalue weighted by Gasteiger charge is 2.34. The molecule has 1 heterocycles. The zero-order chi connectivity index (χ0) is 24.3. The molecular formula is C23H40N4O5. The Morgan fingerprint density at radius 1 is 1.22 bits per heavy atom. The van der Waals surface area contributed by atoms with Crippen molar-refractivity contribution in [2.75, 3.05) is 33.3 Å². The van der Waals surface area contributed by atoms with Crippen LogP contribution in [0.1, 0.15) is 53.9 Å². The minimum atomic E-state index is -0.481. The number of likely N-dealkylation sites (N-methyl/N-ethyl adjacent to an activating group) is 1. The van der Waals surface area contributed by atoms with Crippen LogP contribution >= 0.6 is 0 Å². The van der Waals surface area contributed by atoms with Crippen LogP contribution in [-0.2, 0) is 23.9 Å². The maximum atomic E-state index is 13.1. The SMILES string of the molecule is CC(=C[C@H](C(C)C)N(C)C(=O)CNC=O)C(=O)N1CCC[C@H]1C(=O)NCCCOC(C)C. The Kier molecular flexibility index (Phi) is 12.0. The monoisotopic (exact) mass is 452 g/mol. The molecule has 9 heteroatoms. The van der Waals surface area contributed by atoms with Gasteiger partial charge >= 0.3 is 0 Å². The largest absolute Gasteiger partial charge is 0.379 e. The summed E-state index contributed by atoms with van der Waals surface area (Å²) in [4.78, 5) is 51.7. The molecule has 1 rings (SSSR count). The first-order valence-corrected chi connectivity index (χ1v) is 11.4. The van der Waals surface area contributed by atoms with Crippen LogP contribution in [0.25, 0.3) is 0 Å². The van der Waals surface area contributed by atoms with Crippen LogP contribution in [0.2, 0.25) is 0 Å². The van der Waals surface area contributed by atoms with E-state index in [1.165, 1.54) is 4.90 Å². The molecule has 182 valence electrons. The number of nitrogens with one attached hydrogen (secondary N) is 2. The highest BCUT2D eigenvalue weighted by atomic mass is 16.5. The van der Waals surface area contributed by atoms with Crippen LogP contribution in [0, 0.1) is 5.92 Å². The number of carbonyl (C=O) groups is 4. The van der Waals surface area contributed by atoms with E-state index in [1.54, 1.807) is 24.9 Å². The molecule has 1 fully saturated rings. The molecule has 32 heavy (non-hydrogen) atoms. The summed E-state index contributed by atoms with van der Waals surface area (Å²) in [7, 11) is 1.66. The minimum Gasteiger partial charge on any atom is -0.379 e. The van der Waals surface area contributed by atoms with Crippen LogP contribution in [0.15, 0.2) is 11.6 Å². The second kappa shape index (κ2) is 13.9. The van der Waals surface area contributed by atoms with Gasteiger partial charge in [0, 0.05) is 32.3 Å². The fraction of sp³-hybridized carbons (Fsp3) is 0.739. The van der Waals surface area contributed by atoms with E-state index in [9.17, 15) is 19.2 Å². The predicted molar refractivity (Wildman–Crippen MR) is 123 cm³/mol. The van der Waals surface area contributed by atoms with Gasteiger partial charge in [0.2, 0.25) is 24.1 Å². The third kappa shape index (κ3) is 8.61. The van der Waals surface area contributed by atoms with E-state index in [0.29, 0.717) is 38.1 Å². The lowest BCUT2D eigenvalue weighted by Gasteiger charge is -2.30. The Morgan fingerprint density at radius 2 is 1.91 bits per heavy atom. The lowest BCUT2D eigenvalue weighted by Crippen LogP contribution is -2.47. The molecule has 0 aromatic carbocycles. The van der Waals surface area contributed by atoms with Gasteiger partial charge in [-0.3, -0.25) is 19.2 Å². The second-order valence-electron chi connectivity index (χ2n) is 8.81. The minimum absolute atomic E-state index is 0.0636. The Bertz CT molecular complexity index is 677. The summed E-state index contributed by atoms with van der Waals surface area (Å²) < 4.78 is 5.48. The molecule has 0 spiro atoms. The number of nitrogens with zero attached hydrogens (tertiary/aromatic N) is 2. The predicted octanol–water partition coefficient (Wildman–Crippen LogP) is 1.08. The molecule has 4 amide bonds. The zero-order valence-corrected chi connectivity index (χ0v) is 20.3. The molecule has 1 aliphatic rings. The molecule has 0 aromatic rings. The Morgan fingerprint density at radius 3 is 2.50 bits per heavy atom. The summed E-state index contributed by atoms with van der Waals surface area (Å²) in [6, 6.07) is -0.791. The fourth-order valence-electron chi connectivity index (χ4n) is 3.73. The number of rotatable bonds is 13. The molecule has 0 unspecified atom stereocenters. The summed E-state index contributed by atoms with van der Waals surface area (Å²) in [5.41, 5.74) is 0.497. The molecule has 1 saturated heterocycles. The Balaban J connectivity index is 2.77. The van der Waals surface area contributed by atoms with E-state index in [1.807, 2.05) is 27.7 Å². The van der Waals surface area contributed by atoms with Crippen molar-refractivity contribution in [3.8, 4) is 0 Å². The van der Waals surface area contributed by atoms with Crippen molar-refractivity contribution in [1.82, 2.24) is 20.4 Å². The van der Waals surface area contributed by atoms with Crippen molar-refractivity contribution in [2.24, 2.45) is 5.92 Å². The van der Waals surface area contributed by atoms with Crippen LogP contribution in [0.4, 0.5) is 0 Å². The van der Waals surface area contributed by atoms with E-state index >= 15 is 0 Å². The van der Waals surface area contributed by atoms with Crippen molar-refractivity contribution in [1.29, 1.82) is 0 Å². The van der Waals surface area contributed by atoms with Crippen molar-refractivity contribution < 1.29 is 23.9 Å². The number of hydrogen-bond acceptors (Lipinski definition) is 5. The molecule has 1 aliphatic heterocycles. The standard InChI is InChI=1S/C23H40N4O5/c1-16(2)20(26(6)21(29)14-24-15-28)13-18(5)23(31)27-11-7-9-19(27)22(30)25-10-8-12-32-17(3)4/h13,15-17,19-20H,7-12,14H2,1-6H3,(H,24,28)(H,25,30)/t19-,20+/m0/s1. The maximum Gasteiger partial charge on any atom is 0.249 e. The summed E-state index contributed by atoms with van der Waals surface area (Å²) in [6.07, 6.45) is 4.56. The van der Waals surface area contributed by atoms with Gasteiger partial charge in [-0.1, -0.05) is 19.9 Å². The quantitative estimate of drug-likeness (QED) is 0.247. The van der Waals surface area contributed by atoms with Gasteiger partial charge in [-0.05, 0) is 46.0 Å². The third-order valence-corrected chi connectivity index (χ3v) is 5.51. The smallest absolute Gasteiger partial charge is 0.249 e. The topological polar surface area (TPSA) is 108 Å². The van der Waals surface area contributed by atoms with Crippen LogP contribution in [-0.4, -0.2) is 85.4 Å². The summed E-state index contributed by atoms with van der Waals surface area (Å²) in [5, 5.41) is 5.29. The molecule has 9 nitrogen and oxygen atoms in total. The molecule has 0 saturated carbocycles. The van der Waals surface area contributed by atoms with Gasteiger partial charge in [0.05, 0.1) is 18.7 Å². The number of ether oxygens (including phenoxy) is 1. The van der Waals surface area contributed by atoms with E-state index < -0.39 is 6.04 Å². The first-order chi connectivity index (χ1) is 15.1. The molecule has 0 radical (unpaired) electrons. The number of likely N-dealkylation sites (tertiary alicyclic amines) is 1. The number of amides is 4. The van der Waals surface area contributed by atoms with Gasteiger partial charge in [-0.2, -0.15) is 0 Å². The third-order valence-electron chi connectivity index (χ3n) is 5.51. The highest BCUT2D eigenvalue weighted by Crippen LogP contribution is 2.21. The van der Waals surface area contributed by atoms with E-state index in [4.69, 9.17) is 4.74 Å². The second-order valence-corrected chi connectivity index (χ2v) is 8.81. The Labute approximate surface area is 191 Å². The van der Waals surface area contributed by atoms with Gasteiger partial charge < -0.3 is 25.2 Å².